The van der Waals surface area contributed by atoms with E-state index < -0.39 is 5.41 Å². The molecule has 2 aromatic heterocycles. The molecule has 15 aromatic rings. The van der Waals surface area contributed by atoms with Crippen molar-refractivity contribution in [1.29, 1.82) is 0 Å². The first-order valence-electron chi connectivity index (χ1n) is 31.6. The fourth-order valence-corrected chi connectivity index (χ4v) is 15.9. The minimum atomic E-state index is -0.648. The molecule has 1 spiro atoms. The number of nitrogens with zero attached hydrogens (tertiary/aromatic N) is 4. The Morgan fingerprint density at radius 2 is 0.956 bits per heavy atom. The predicted octanol–water partition coefficient (Wildman–Crippen LogP) is 23.5. The van der Waals surface area contributed by atoms with Gasteiger partial charge in [0.1, 0.15) is 0 Å². The molecule has 2 heterocycles. The molecule has 0 saturated heterocycles. The first kappa shape index (κ1) is 52.4. The molecule has 0 aliphatic heterocycles. The van der Waals surface area contributed by atoms with Crippen LogP contribution in [0.3, 0.4) is 0 Å². The molecule has 3 aliphatic rings. The molecule has 0 atom stereocenters. The van der Waals surface area contributed by atoms with E-state index in [9.17, 15) is 0 Å². The Bertz CT molecular complexity index is 5610. The van der Waals surface area contributed by atoms with Gasteiger partial charge < -0.3 is 18.9 Å². The van der Waals surface area contributed by atoms with Crippen LogP contribution in [0.25, 0.3) is 111 Å². The summed E-state index contributed by atoms with van der Waals surface area (Å²) in [4.78, 5) is 4.87. The minimum Gasteiger partial charge on any atom is -0.313 e. The summed E-state index contributed by atoms with van der Waals surface area (Å²) < 4.78 is 4.78. The van der Waals surface area contributed by atoms with Crippen molar-refractivity contribution < 1.29 is 0 Å². The molecule has 4 heteroatoms. The molecule has 18 rings (SSSR count). The summed E-state index contributed by atoms with van der Waals surface area (Å²) in [5, 5.41) is 10.9. The van der Waals surface area contributed by atoms with Gasteiger partial charge in [-0.15, -0.1) is 0 Å². The van der Waals surface area contributed by atoms with Crippen LogP contribution in [0, 0.1) is 0 Å². The van der Waals surface area contributed by atoms with E-state index in [2.05, 4.69) is 348 Å². The number of hydrogen-bond donors (Lipinski definition) is 0. The Labute approximate surface area is 529 Å². The lowest BCUT2D eigenvalue weighted by Gasteiger charge is -2.32. The van der Waals surface area contributed by atoms with Crippen molar-refractivity contribution in [1.82, 2.24) is 9.13 Å². The number of hydrogen-bond acceptors (Lipinski definition) is 2. The number of rotatable bonds is 10. The van der Waals surface area contributed by atoms with Gasteiger partial charge in [0, 0.05) is 73.7 Å². The third kappa shape index (κ3) is 7.76. The van der Waals surface area contributed by atoms with E-state index in [1.54, 1.807) is 0 Å². The van der Waals surface area contributed by atoms with Crippen LogP contribution in [-0.4, -0.2) is 9.13 Å². The summed E-state index contributed by atoms with van der Waals surface area (Å²) in [6.07, 6.45) is 18.0. The van der Waals surface area contributed by atoms with E-state index in [0.717, 1.165) is 63.0 Å². The van der Waals surface area contributed by atoms with Gasteiger partial charge in [-0.1, -0.05) is 201 Å². The molecular weight excluding hydrogens is 1100 g/mol. The molecule has 4 nitrogen and oxygen atoms in total. The molecule has 13 aromatic carbocycles. The Morgan fingerprint density at radius 3 is 1.65 bits per heavy atom. The Morgan fingerprint density at radius 1 is 0.396 bits per heavy atom. The van der Waals surface area contributed by atoms with E-state index in [1.165, 1.54) is 110 Å². The highest BCUT2D eigenvalue weighted by Gasteiger charge is 2.53. The molecule has 0 radical (unpaired) electrons. The monoisotopic (exact) mass is 1160 g/mol. The third-order valence-electron chi connectivity index (χ3n) is 19.5. The number of benzene rings is 13. The van der Waals surface area contributed by atoms with Crippen molar-refractivity contribution in [3.63, 3.8) is 0 Å². The highest BCUT2D eigenvalue weighted by molar-refractivity contribution is 6.22. The lowest BCUT2D eigenvalue weighted by Crippen LogP contribution is -2.26. The molecule has 0 saturated carbocycles. The van der Waals surface area contributed by atoms with Crippen molar-refractivity contribution in [2.75, 3.05) is 9.80 Å². The third-order valence-corrected chi connectivity index (χ3v) is 19.5. The first-order valence-corrected chi connectivity index (χ1v) is 31.6. The average Bonchev–Trinajstić information content (AvgIpc) is 1.51. The molecule has 3 aliphatic carbocycles. The number of fused-ring (bicyclic) bond motifs is 20. The van der Waals surface area contributed by atoms with E-state index >= 15 is 0 Å². The van der Waals surface area contributed by atoms with Crippen LogP contribution < -0.4 is 9.80 Å². The van der Waals surface area contributed by atoms with Gasteiger partial charge >= 0.3 is 0 Å². The van der Waals surface area contributed by atoms with Crippen LogP contribution >= 0.6 is 0 Å². The highest BCUT2D eigenvalue weighted by Crippen LogP contribution is 2.66. The Hall–Kier alpha value is -11.7. The van der Waals surface area contributed by atoms with Crippen molar-refractivity contribution >= 4 is 117 Å². The van der Waals surface area contributed by atoms with E-state index in [0.29, 0.717) is 0 Å². The quantitative estimate of drug-likeness (QED) is 0.127. The van der Waals surface area contributed by atoms with E-state index in [1.807, 2.05) is 6.08 Å². The molecule has 0 fully saturated rings. The lowest BCUT2D eigenvalue weighted by molar-refractivity contribution is 0.803. The second kappa shape index (κ2) is 20.7. The molecule has 0 N–H and O–H groups in total. The number of allylic oxidation sites excluding steroid dienone is 7. The zero-order valence-corrected chi connectivity index (χ0v) is 50.3. The Kier molecular flexibility index (Phi) is 11.9. The zero-order chi connectivity index (χ0) is 60.3. The molecule has 0 amide bonds. The summed E-state index contributed by atoms with van der Waals surface area (Å²) in [6, 6.07) is 102. The van der Waals surface area contributed by atoms with E-state index in [-0.39, 0.29) is 0 Å². The van der Waals surface area contributed by atoms with Gasteiger partial charge in [-0.3, -0.25) is 0 Å². The molecule has 0 bridgehead atoms. The van der Waals surface area contributed by atoms with Gasteiger partial charge in [0.15, 0.2) is 0 Å². The maximum absolute atomic E-state index is 4.37. The normalized spacial score (nSPS) is 13.6. The highest BCUT2D eigenvalue weighted by atomic mass is 15.1. The fraction of sp³-hybridized carbons (Fsp3) is 0.0345. The largest absolute Gasteiger partial charge is 0.313 e. The summed E-state index contributed by atoms with van der Waals surface area (Å²) >= 11 is 0. The summed E-state index contributed by atoms with van der Waals surface area (Å²) in [5.41, 5.74) is 24.4. The zero-order valence-electron chi connectivity index (χ0n) is 50.3. The van der Waals surface area contributed by atoms with Gasteiger partial charge in [0.05, 0.1) is 27.7 Å². The van der Waals surface area contributed by atoms with Crippen LogP contribution in [0.2, 0.25) is 0 Å². The van der Waals surface area contributed by atoms with Crippen molar-refractivity contribution in [2.45, 2.75) is 18.8 Å². The summed E-state index contributed by atoms with van der Waals surface area (Å²) in [5.74, 6) is 0. The molecular formula is C87H60N4. The first-order chi connectivity index (χ1) is 45.1. The maximum atomic E-state index is 4.37. The predicted molar refractivity (Wildman–Crippen MR) is 386 cm³/mol. The summed E-state index contributed by atoms with van der Waals surface area (Å²) in [7, 11) is 0. The minimum absolute atomic E-state index is 0.648. The van der Waals surface area contributed by atoms with Crippen LogP contribution in [0.1, 0.15) is 46.9 Å². The smallest absolute Gasteiger partial charge is 0.0731 e. The fourth-order valence-electron chi connectivity index (χ4n) is 15.9. The van der Waals surface area contributed by atoms with Crippen LogP contribution in [0.5, 0.6) is 0 Å². The van der Waals surface area contributed by atoms with Gasteiger partial charge in [-0.2, -0.15) is 0 Å². The molecule has 91 heavy (non-hydrogen) atoms. The number of aromatic nitrogens is 2. The Balaban J connectivity index is 0.856. The topological polar surface area (TPSA) is 16.3 Å². The maximum Gasteiger partial charge on any atom is 0.0731 e. The van der Waals surface area contributed by atoms with Gasteiger partial charge in [0.2, 0.25) is 0 Å². The van der Waals surface area contributed by atoms with Crippen LogP contribution in [0.4, 0.5) is 34.1 Å². The van der Waals surface area contributed by atoms with Crippen molar-refractivity contribution in [3.05, 3.63) is 350 Å². The average molecular weight is 1160 g/mol. The second-order valence-electron chi connectivity index (χ2n) is 24.2. The standard InChI is InChI=1S/C87H60N4/c1-3-26-70-75-55-65(46-49-83(75)90(81(70)4-2)61-31-10-5-6-11-32-61)88(59-27-12-7-13-28-59)63-44-43-57-52-77-80(53-58(57)51-63)87(78-40-23-20-36-68(78)69-37-21-24-41-79(69)87)86-73-48-45-64(54-74(73)67-35-18-19-39-72(67)85(77)86)89(60-29-14-8-15-30-60)66-47-50-84-76(56-66)71-38-22-25-42-82(71)91(84)62-33-16-9-17-34-62/h3-31,33-56H,2,32H2,1H3/b26-3-. The number of para-hydroxylation sites is 4. The van der Waals surface area contributed by atoms with Gasteiger partial charge in [-0.05, 0) is 211 Å². The molecule has 0 unspecified atom stereocenters. The van der Waals surface area contributed by atoms with Crippen molar-refractivity contribution in [2.24, 2.45) is 0 Å². The van der Waals surface area contributed by atoms with E-state index in [4.69, 9.17) is 0 Å². The summed E-state index contributed by atoms with van der Waals surface area (Å²) in [6.45, 7) is 6.47. The van der Waals surface area contributed by atoms with Crippen LogP contribution in [0.15, 0.2) is 316 Å². The number of anilines is 6. The lowest BCUT2D eigenvalue weighted by atomic mass is 9.69. The SMILES string of the molecule is C=Cc1c(/C=C\C)c2cc(N(c3ccccc3)c3ccc4cc5c(cc4c3)C3(c4ccccc4-c4ccccc43)c3c-5c4ccccc4c4cc(N(c5ccccc5)c5ccc6c(c5)c5ccccc5n6-c5ccccc5)ccc34)ccc2n1C1=CC=CC=CC1. The molecule has 428 valence electrons. The van der Waals surface area contributed by atoms with Gasteiger partial charge in [-0.25, -0.2) is 0 Å². The van der Waals surface area contributed by atoms with Gasteiger partial charge in [0.25, 0.3) is 0 Å². The second-order valence-corrected chi connectivity index (χ2v) is 24.2. The van der Waals surface area contributed by atoms with Crippen molar-refractivity contribution in [3.8, 4) is 27.9 Å². The van der Waals surface area contributed by atoms with Crippen LogP contribution in [-0.2, 0) is 5.41 Å².